The number of hydrogen-bond acceptors (Lipinski definition) is 18. The lowest BCUT2D eigenvalue weighted by Gasteiger charge is -2.22. The van der Waals surface area contributed by atoms with E-state index in [1.54, 1.807) is 24.3 Å². The number of aromatic amines is 1. The first-order chi connectivity index (χ1) is 54.6. The Morgan fingerprint density at radius 1 is 0.412 bits per heavy atom. The molecular formula is C92H103N11O8P2S+2. The number of benzene rings is 10. The molecule has 0 aliphatic carbocycles. The quantitative estimate of drug-likeness (QED) is 0.0216. The van der Waals surface area contributed by atoms with Gasteiger partial charge in [0.15, 0.2) is 0 Å². The molecule has 10 aromatic carbocycles. The van der Waals surface area contributed by atoms with Gasteiger partial charge in [0, 0.05) is 172 Å². The van der Waals surface area contributed by atoms with E-state index in [1.807, 2.05) is 161 Å². The number of nitrogens with one attached hydrogen (secondary N) is 1. The minimum atomic E-state index is -2.62. The molecule has 13 aromatic rings. The summed E-state index contributed by atoms with van der Waals surface area (Å²) in [4.78, 5) is 32.0. The summed E-state index contributed by atoms with van der Waals surface area (Å²) in [7, 11) is 10.3. The average Bonchev–Trinajstić information content (AvgIpc) is 1.61. The van der Waals surface area contributed by atoms with Gasteiger partial charge in [0.25, 0.3) is 0 Å². The number of H-pyrrole nitrogens is 1. The van der Waals surface area contributed by atoms with Crippen molar-refractivity contribution in [2.24, 2.45) is 0 Å². The van der Waals surface area contributed by atoms with E-state index < -0.39 is 16.1 Å². The molecule has 0 radical (unpaired) electrons. The van der Waals surface area contributed by atoms with Crippen molar-refractivity contribution in [2.45, 2.75) is 76.2 Å². The van der Waals surface area contributed by atoms with E-state index in [9.17, 15) is 29.9 Å². The van der Waals surface area contributed by atoms with Crippen molar-refractivity contribution in [1.82, 2.24) is 24.5 Å². The van der Waals surface area contributed by atoms with Crippen molar-refractivity contribution in [2.75, 3.05) is 112 Å². The van der Waals surface area contributed by atoms with Crippen LogP contribution in [0.2, 0.25) is 0 Å². The number of rotatable bonds is 24. The molecule has 3 aromatic heterocycles. The molecule has 19 nitrogen and oxygen atoms in total. The second-order valence-corrected chi connectivity index (χ2v) is 32.5. The molecule has 5 N–H and O–H groups in total. The van der Waals surface area contributed by atoms with E-state index in [1.165, 1.54) is 22.7 Å². The second-order valence-electron chi connectivity index (χ2n) is 29.2. The summed E-state index contributed by atoms with van der Waals surface area (Å²) in [5.41, 5.74) is 26.1. The number of hydrogen-bond donors (Lipinski definition) is 5. The van der Waals surface area contributed by atoms with Crippen LogP contribution < -0.4 is 40.0 Å². The number of thiazole rings is 1. The van der Waals surface area contributed by atoms with Crippen LogP contribution in [0.5, 0.6) is 11.5 Å². The molecule has 13 rings (SSSR count). The highest BCUT2D eigenvalue weighted by Gasteiger charge is 2.36. The Morgan fingerprint density at radius 3 is 1.37 bits per heavy atom. The first-order valence-corrected chi connectivity index (χ1v) is 41.2. The third-order valence-corrected chi connectivity index (χ3v) is 23.6. The molecule has 2 atom stereocenters. The lowest BCUT2D eigenvalue weighted by molar-refractivity contribution is -0.128. The number of phenols is 2. The van der Waals surface area contributed by atoms with Gasteiger partial charge >= 0.3 is 16.1 Å². The van der Waals surface area contributed by atoms with Gasteiger partial charge in [-0.1, -0.05) is 90.0 Å². The van der Waals surface area contributed by atoms with Crippen molar-refractivity contribution in [1.29, 1.82) is 0 Å². The molecule has 0 fully saturated rings. The van der Waals surface area contributed by atoms with Crippen LogP contribution in [-0.4, -0.2) is 128 Å². The Balaban J connectivity index is 0.000000170. The SMILES string of the molecule is CCN(CC)c1ccc(-c2nc(-c3cc(C)cc(C)c3O)n(-c3ccccc3)c2-c2ccc(N(CC)CC)cc2)cc1.Cc1cc(-c2nc(-c3ccc(N(C)C)cc3)c(-c3ccc(N(C)C)cc3)[nH]2)c(O)c(C)c1C.Cc1cc(C)cc(-c2nc(-c3ccc(N(C)C)cc3[P+](=O)OO)c(-c3ccc(N(C)C)cc3[P+](=O)OO)s2)c1. The summed E-state index contributed by atoms with van der Waals surface area (Å²) < 4.78 is 36.5. The normalized spacial score (nSPS) is 11.3. The lowest BCUT2D eigenvalue weighted by Crippen LogP contribution is -2.21. The fraction of sp³-hybridized carbons (Fsp3) is 0.250. The molecule has 114 heavy (non-hydrogen) atoms. The van der Waals surface area contributed by atoms with Crippen LogP contribution in [-0.2, 0) is 18.5 Å². The van der Waals surface area contributed by atoms with Crippen molar-refractivity contribution in [3.05, 3.63) is 239 Å². The molecule has 0 amide bonds. The predicted octanol–water partition coefficient (Wildman–Crippen LogP) is 21.7. The van der Waals surface area contributed by atoms with E-state index in [-0.39, 0.29) is 22.1 Å². The first kappa shape index (κ1) is 83.6. The molecule has 0 aliphatic rings. The minimum absolute atomic E-state index is 0.256. The maximum Gasteiger partial charge on any atom is 0.579 e. The predicted molar refractivity (Wildman–Crippen MR) is 476 cm³/mol. The summed E-state index contributed by atoms with van der Waals surface area (Å²) >= 11 is 1.37. The van der Waals surface area contributed by atoms with E-state index in [4.69, 9.17) is 15.0 Å². The van der Waals surface area contributed by atoms with Crippen LogP contribution in [0.25, 0.3) is 106 Å². The highest BCUT2D eigenvalue weighted by molar-refractivity contribution is 7.49. The topological polar surface area (TPSA) is 212 Å². The fourth-order valence-corrected chi connectivity index (χ4v) is 16.8. The molecule has 0 saturated carbocycles. The summed E-state index contributed by atoms with van der Waals surface area (Å²) in [6, 6.07) is 67.5. The lowest BCUT2D eigenvalue weighted by atomic mass is 9.99. The zero-order valence-corrected chi connectivity index (χ0v) is 71.2. The van der Waals surface area contributed by atoms with Crippen LogP contribution in [0.15, 0.2) is 200 Å². The molecule has 0 aliphatic heterocycles. The summed E-state index contributed by atoms with van der Waals surface area (Å²) in [6.45, 7) is 26.6. The zero-order valence-electron chi connectivity index (χ0n) is 68.6. The van der Waals surface area contributed by atoms with Crippen molar-refractivity contribution in [3.63, 3.8) is 0 Å². The van der Waals surface area contributed by atoms with Gasteiger partial charge in [-0.3, -0.25) is 4.57 Å². The van der Waals surface area contributed by atoms with Crippen LogP contribution in [0.3, 0.4) is 0 Å². The van der Waals surface area contributed by atoms with Crippen LogP contribution in [0, 0.1) is 48.5 Å². The van der Waals surface area contributed by atoms with Gasteiger partial charge < -0.3 is 44.6 Å². The smallest absolute Gasteiger partial charge is 0.507 e. The number of phenolic OH excluding ortho intramolecular Hbond substituents is 2. The standard InChI is InChI=1S/C37H42N4O.C28H32N4O.C27H27N3O6P2S/c1-7-39(8-2)30-20-16-28(17-21-30)34-35(29-18-22-31(23-19-29)40(9-3)10-4)41(32-14-12-11-13-15-32)37(38-34)33-25-26(5)24-27(6)36(33)42;1-17-16-24(27(33)19(3)18(17)2)28-29-25(20-8-12-22(13-9-20)31(4)5)26(30-28)21-10-14-23(15-11-21)32(6)7;1-16-11-17(2)13-18(12-16)27-28-25(21-9-7-19(29(3)4)14-23(21)37(33)35-31)26(39-27)22-10-8-20(30(5)6)15-24(22)38(34)36-32/h11-25,42H,7-10H2,1-6H3;8-16,33H,1-7H3,(H,29,30);7-15H,1-6H3/p+2. The monoisotopic (exact) mass is 1580 g/mol. The number of aryl methyl sites for hydroxylation is 5. The molecule has 2 unspecified atom stereocenters. The Kier molecular flexibility index (Phi) is 26.9. The van der Waals surface area contributed by atoms with E-state index in [0.29, 0.717) is 32.5 Å². The van der Waals surface area contributed by atoms with Crippen LogP contribution in [0.4, 0.5) is 34.1 Å². The molecule has 0 spiro atoms. The maximum absolute atomic E-state index is 12.9. The highest BCUT2D eigenvalue weighted by Crippen LogP contribution is 2.47. The van der Waals surface area contributed by atoms with Gasteiger partial charge in [0.2, 0.25) is 10.6 Å². The number of anilines is 6. The van der Waals surface area contributed by atoms with Gasteiger partial charge in [0.1, 0.15) is 28.2 Å². The number of imidazole rings is 2. The third-order valence-electron chi connectivity index (χ3n) is 20.7. The van der Waals surface area contributed by atoms with Crippen molar-refractivity contribution >= 4 is 72.1 Å². The van der Waals surface area contributed by atoms with Crippen LogP contribution in [0.1, 0.15) is 66.6 Å². The van der Waals surface area contributed by atoms with Crippen LogP contribution >= 0.6 is 27.4 Å². The second kappa shape index (κ2) is 36.7. The van der Waals surface area contributed by atoms with Crippen molar-refractivity contribution < 1.29 is 39.2 Å². The van der Waals surface area contributed by atoms with E-state index in [2.05, 4.69) is 195 Å². The first-order valence-electron chi connectivity index (χ1n) is 38.1. The van der Waals surface area contributed by atoms with Gasteiger partial charge in [-0.05, 0) is 222 Å². The zero-order chi connectivity index (χ0) is 82.1. The largest absolute Gasteiger partial charge is 0.579 e. The van der Waals surface area contributed by atoms with E-state index >= 15 is 0 Å². The van der Waals surface area contributed by atoms with Gasteiger partial charge in [0.05, 0.1) is 55.6 Å². The number of aromatic nitrogens is 5. The summed E-state index contributed by atoms with van der Waals surface area (Å²) in [5.74, 6) is 1.92. The Labute approximate surface area is 676 Å². The van der Waals surface area contributed by atoms with Gasteiger partial charge in [-0.15, -0.1) is 11.3 Å². The fourth-order valence-electron chi connectivity index (χ4n) is 14.2. The molecule has 588 valence electrons. The third kappa shape index (κ3) is 18.2. The summed E-state index contributed by atoms with van der Waals surface area (Å²) in [6.07, 6.45) is 0. The highest BCUT2D eigenvalue weighted by atomic mass is 32.1. The molecular weight excluding hydrogens is 1480 g/mol. The molecule has 3 heterocycles. The van der Waals surface area contributed by atoms with Gasteiger partial charge in [-0.25, -0.2) is 25.5 Å². The minimum Gasteiger partial charge on any atom is -0.507 e. The van der Waals surface area contributed by atoms with Gasteiger partial charge in [-0.2, -0.15) is 0 Å². The Hall–Kier alpha value is -11.3. The van der Waals surface area contributed by atoms with Crippen molar-refractivity contribution in [3.8, 4) is 117 Å². The Bertz CT molecular complexity index is 5400. The van der Waals surface area contributed by atoms with E-state index in [0.717, 1.165) is 161 Å². The molecule has 0 bridgehead atoms. The maximum atomic E-state index is 12.9. The number of aromatic hydroxyl groups is 2. The number of para-hydroxylation sites is 1. The average molecular weight is 1580 g/mol. The summed E-state index contributed by atoms with van der Waals surface area (Å²) in [5, 5.41) is 42.2. The molecule has 22 heteroatoms. The molecule has 0 saturated heterocycles. The number of nitrogens with zero attached hydrogens (tertiary/aromatic N) is 10. The Morgan fingerprint density at radius 2 is 0.868 bits per heavy atom.